The van der Waals surface area contributed by atoms with E-state index in [-0.39, 0.29) is 0 Å². The van der Waals surface area contributed by atoms with Crippen molar-refractivity contribution in [3.63, 3.8) is 0 Å². The first-order chi connectivity index (χ1) is 8.31. The summed E-state index contributed by atoms with van der Waals surface area (Å²) < 4.78 is 5.52. The molecule has 84 valence electrons. The minimum atomic E-state index is 0.453. The standard InChI is InChI=1S/C12H10N4O/c1-14-11-6-12(16-8-15-11)17-10-4-2-9(7-13)3-5-10/h2-6,8H,1H3,(H,14,15,16). The zero-order valence-electron chi connectivity index (χ0n) is 9.21. The Balaban J connectivity index is 2.16. The number of nitrogens with zero attached hydrogens (tertiary/aromatic N) is 3. The van der Waals surface area contributed by atoms with Crippen molar-refractivity contribution in [2.45, 2.75) is 0 Å². The number of nitriles is 1. The maximum absolute atomic E-state index is 8.67. The number of anilines is 1. The van der Waals surface area contributed by atoms with Gasteiger partial charge in [-0.2, -0.15) is 5.26 Å². The molecule has 17 heavy (non-hydrogen) atoms. The predicted octanol–water partition coefficient (Wildman–Crippen LogP) is 2.18. The van der Waals surface area contributed by atoms with Crippen molar-refractivity contribution < 1.29 is 4.74 Å². The molecule has 1 N–H and O–H groups in total. The van der Waals surface area contributed by atoms with Crippen molar-refractivity contribution in [1.29, 1.82) is 5.26 Å². The van der Waals surface area contributed by atoms with E-state index >= 15 is 0 Å². The molecule has 1 heterocycles. The van der Waals surface area contributed by atoms with Gasteiger partial charge in [-0.05, 0) is 24.3 Å². The van der Waals surface area contributed by atoms with Gasteiger partial charge in [-0.3, -0.25) is 0 Å². The maximum atomic E-state index is 8.67. The molecule has 1 aromatic heterocycles. The van der Waals surface area contributed by atoms with E-state index in [1.165, 1.54) is 6.33 Å². The van der Waals surface area contributed by atoms with Gasteiger partial charge in [0.15, 0.2) is 0 Å². The summed E-state index contributed by atoms with van der Waals surface area (Å²) in [6.45, 7) is 0. The fraction of sp³-hybridized carbons (Fsp3) is 0.0833. The fourth-order valence-electron chi connectivity index (χ4n) is 1.25. The summed E-state index contributed by atoms with van der Waals surface area (Å²) in [5.41, 5.74) is 0.593. The largest absolute Gasteiger partial charge is 0.439 e. The van der Waals surface area contributed by atoms with Gasteiger partial charge < -0.3 is 10.1 Å². The number of benzene rings is 1. The molecule has 0 spiro atoms. The maximum Gasteiger partial charge on any atom is 0.224 e. The second-order valence-corrected chi connectivity index (χ2v) is 3.23. The van der Waals surface area contributed by atoms with Crippen LogP contribution in [0.1, 0.15) is 5.56 Å². The van der Waals surface area contributed by atoms with Crippen LogP contribution < -0.4 is 10.1 Å². The zero-order valence-corrected chi connectivity index (χ0v) is 9.21. The highest BCUT2D eigenvalue weighted by Crippen LogP contribution is 2.20. The van der Waals surface area contributed by atoms with Crippen molar-refractivity contribution in [3.05, 3.63) is 42.2 Å². The van der Waals surface area contributed by atoms with Crippen LogP contribution in [-0.2, 0) is 0 Å². The summed E-state index contributed by atoms with van der Waals surface area (Å²) in [7, 11) is 1.77. The van der Waals surface area contributed by atoms with Crippen molar-refractivity contribution in [2.75, 3.05) is 12.4 Å². The van der Waals surface area contributed by atoms with Gasteiger partial charge in [-0.1, -0.05) is 0 Å². The molecule has 0 radical (unpaired) electrons. The molecule has 0 aliphatic rings. The van der Waals surface area contributed by atoms with Gasteiger partial charge in [-0.15, -0.1) is 0 Å². The quantitative estimate of drug-likeness (QED) is 0.868. The van der Waals surface area contributed by atoms with Crippen LogP contribution in [0.25, 0.3) is 0 Å². The van der Waals surface area contributed by atoms with Gasteiger partial charge in [0.05, 0.1) is 11.6 Å². The van der Waals surface area contributed by atoms with Crippen molar-refractivity contribution >= 4 is 5.82 Å². The molecule has 0 aliphatic carbocycles. The lowest BCUT2D eigenvalue weighted by atomic mass is 10.2. The Labute approximate surface area is 98.7 Å². The molecule has 0 aliphatic heterocycles. The van der Waals surface area contributed by atoms with E-state index in [9.17, 15) is 0 Å². The first-order valence-corrected chi connectivity index (χ1v) is 4.99. The minimum Gasteiger partial charge on any atom is -0.439 e. The summed E-state index contributed by atoms with van der Waals surface area (Å²) in [4.78, 5) is 7.97. The minimum absolute atomic E-state index is 0.453. The molecule has 2 aromatic rings. The number of aromatic nitrogens is 2. The number of nitrogens with one attached hydrogen (secondary N) is 1. The highest BCUT2D eigenvalue weighted by Gasteiger charge is 2.00. The van der Waals surface area contributed by atoms with E-state index in [1.54, 1.807) is 37.4 Å². The Bertz CT molecular complexity index is 545. The van der Waals surface area contributed by atoms with Crippen LogP contribution in [0.15, 0.2) is 36.7 Å². The number of hydrogen-bond acceptors (Lipinski definition) is 5. The van der Waals surface area contributed by atoms with Crippen LogP contribution >= 0.6 is 0 Å². The van der Waals surface area contributed by atoms with E-state index < -0.39 is 0 Å². The highest BCUT2D eigenvalue weighted by atomic mass is 16.5. The fourth-order valence-corrected chi connectivity index (χ4v) is 1.25. The third-order valence-electron chi connectivity index (χ3n) is 2.10. The van der Waals surface area contributed by atoms with Crippen LogP contribution in [0.2, 0.25) is 0 Å². The molecule has 5 heteroatoms. The molecule has 0 amide bonds. The highest BCUT2D eigenvalue weighted by molar-refractivity contribution is 5.39. The first-order valence-electron chi connectivity index (χ1n) is 4.99. The van der Waals surface area contributed by atoms with Gasteiger partial charge in [0.1, 0.15) is 17.9 Å². The van der Waals surface area contributed by atoms with Gasteiger partial charge in [0.2, 0.25) is 5.88 Å². The molecule has 1 aromatic carbocycles. The van der Waals surface area contributed by atoms with Crippen molar-refractivity contribution in [1.82, 2.24) is 9.97 Å². The van der Waals surface area contributed by atoms with Gasteiger partial charge in [0.25, 0.3) is 0 Å². The molecule has 2 rings (SSSR count). The lowest BCUT2D eigenvalue weighted by molar-refractivity contribution is 0.462. The van der Waals surface area contributed by atoms with Crippen molar-refractivity contribution in [3.8, 4) is 17.7 Å². The molecule has 0 bridgehead atoms. The molecule has 0 atom stereocenters. The lowest BCUT2D eigenvalue weighted by Gasteiger charge is -2.05. The summed E-state index contributed by atoms with van der Waals surface area (Å²) in [6.07, 6.45) is 1.42. The molecule has 5 nitrogen and oxygen atoms in total. The van der Waals surface area contributed by atoms with Crippen LogP contribution in [0.4, 0.5) is 5.82 Å². The van der Waals surface area contributed by atoms with Crippen LogP contribution in [-0.4, -0.2) is 17.0 Å². The third-order valence-corrected chi connectivity index (χ3v) is 2.10. The summed E-state index contributed by atoms with van der Waals surface area (Å²) in [5.74, 6) is 1.77. The second kappa shape index (κ2) is 4.94. The van der Waals surface area contributed by atoms with Gasteiger partial charge in [0, 0.05) is 13.1 Å². The lowest BCUT2D eigenvalue weighted by Crippen LogP contribution is -1.94. The Hall–Kier alpha value is -2.61. The van der Waals surface area contributed by atoms with Crippen LogP contribution in [0, 0.1) is 11.3 Å². The number of hydrogen-bond donors (Lipinski definition) is 1. The third kappa shape index (κ3) is 2.69. The van der Waals surface area contributed by atoms with Crippen molar-refractivity contribution in [2.24, 2.45) is 0 Å². The van der Waals surface area contributed by atoms with Gasteiger partial charge >= 0.3 is 0 Å². The Kier molecular flexibility index (Phi) is 3.17. The predicted molar refractivity (Wildman–Crippen MR) is 62.8 cm³/mol. The molecule has 0 fully saturated rings. The summed E-state index contributed by atoms with van der Waals surface area (Å²) in [6, 6.07) is 10.6. The summed E-state index contributed by atoms with van der Waals surface area (Å²) >= 11 is 0. The van der Waals surface area contributed by atoms with Gasteiger partial charge in [-0.25, -0.2) is 9.97 Å². The SMILES string of the molecule is CNc1cc(Oc2ccc(C#N)cc2)ncn1. The number of ether oxygens (including phenoxy) is 1. The molecule has 0 unspecified atom stereocenters. The Morgan fingerprint density at radius 3 is 2.65 bits per heavy atom. The molecule has 0 saturated carbocycles. The topological polar surface area (TPSA) is 70.8 Å². The molecule has 0 saturated heterocycles. The van der Waals surface area contributed by atoms with Crippen LogP contribution in [0.3, 0.4) is 0 Å². The Morgan fingerprint density at radius 1 is 1.24 bits per heavy atom. The Morgan fingerprint density at radius 2 is 2.00 bits per heavy atom. The normalized spacial score (nSPS) is 9.41. The molecular formula is C12H10N4O. The average molecular weight is 226 g/mol. The average Bonchev–Trinajstić information content (AvgIpc) is 2.40. The number of rotatable bonds is 3. The van der Waals surface area contributed by atoms with E-state index in [1.807, 2.05) is 6.07 Å². The van der Waals surface area contributed by atoms with E-state index in [0.29, 0.717) is 23.0 Å². The van der Waals surface area contributed by atoms with E-state index in [2.05, 4.69) is 15.3 Å². The zero-order chi connectivity index (χ0) is 12.1. The monoisotopic (exact) mass is 226 g/mol. The van der Waals surface area contributed by atoms with Crippen LogP contribution in [0.5, 0.6) is 11.6 Å². The summed E-state index contributed by atoms with van der Waals surface area (Å²) in [5, 5.41) is 11.6. The second-order valence-electron chi connectivity index (χ2n) is 3.23. The first kappa shape index (κ1) is 10.9. The smallest absolute Gasteiger partial charge is 0.224 e. The van der Waals surface area contributed by atoms with E-state index in [4.69, 9.17) is 10.00 Å². The van der Waals surface area contributed by atoms with E-state index in [0.717, 1.165) is 0 Å². The molecular weight excluding hydrogens is 216 g/mol.